The standard InChI is InChI=1S/C22H28BNO5S/c1-6-19(16(5)21-15(4)11-23(21)29-27)22(26)24-12-20(25)28-13-17-7-9-18(10-8-17)30-14(2)3/h6-10,14,27H,4,11-13H2,1-3,5H3,(H,24,26)/b19-6+,21-16+. The molecular formula is C22H28BNO5S. The fraction of sp³-hybridized carbons (Fsp3) is 0.364. The van der Waals surface area contributed by atoms with E-state index in [-0.39, 0.29) is 13.2 Å². The summed E-state index contributed by atoms with van der Waals surface area (Å²) in [5.41, 5.74) is 3.48. The lowest BCUT2D eigenvalue weighted by atomic mass is 9.41. The Morgan fingerprint density at radius 3 is 2.53 bits per heavy atom. The molecule has 30 heavy (non-hydrogen) atoms. The minimum absolute atomic E-state index is 0.149. The second-order valence-corrected chi connectivity index (χ2v) is 8.95. The number of rotatable bonds is 9. The first-order valence-electron chi connectivity index (χ1n) is 9.82. The van der Waals surface area contributed by atoms with Crippen LogP contribution in [-0.2, 0) is 25.7 Å². The van der Waals surface area contributed by atoms with Gasteiger partial charge in [-0.25, -0.2) is 0 Å². The van der Waals surface area contributed by atoms with Crippen molar-refractivity contribution in [2.75, 3.05) is 6.54 Å². The third-order valence-electron chi connectivity index (χ3n) is 4.69. The van der Waals surface area contributed by atoms with Crippen LogP contribution in [0.3, 0.4) is 0 Å². The summed E-state index contributed by atoms with van der Waals surface area (Å²) >= 11 is 1.77. The van der Waals surface area contributed by atoms with Crippen LogP contribution in [0.5, 0.6) is 0 Å². The van der Waals surface area contributed by atoms with Crippen LogP contribution >= 0.6 is 11.8 Å². The van der Waals surface area contributed by atoms with Crippen molar-refractivity contribution in [2.24, 2.45) is 0 Å². The summed E-state index contributed by atoms with van der Waals surface area (Å²) in [6, 6.07) is 7.86. The number of allylic oxidation sites excluding steroid dienone is 3. The van der Waals surface area contributed by atoms with E-state index in [1.54, 1.807) is 31.7 Å². The molecule has 2 rings (SSSR count). The van der Waals surface area contributed by atoms with Gasteiger partial charge in [-0.15, -0.1) is 11.8 Å². The number of benzene rings is 1. The molecule has 160 valence electrons. The number of carbonyl (C=O) groups excluding carboxylic acids is 2. The molecule has 0 radical (unpaired) electrons. The largest absolute Gasteiger partial charge is 0.460 e. The van der Waals surface area contributed by atoms with Crippen molar-refractivity contribution in [2.45, 2.75) is 50.8 Å². The van der Waals surface area contributed by atoms with Crippen molar-refractivity contribution in [1.82, 2.24) is 5.32 Å². The van der Waals surface area contributed by atoms with E-state index >= 15 is 0 Å². The molecule has 0 bridgehead atoms. The molecule has 0 aliphatic carbocycles. The number of nitrogens with one attached hydrogen (secondary N) is 1. The Bertz CT molecular complexity index is 861. The van der Waals surface area contributed by atoms with E-state index < -0.39 is 18.8 Å². The molecule has 0 aromatic heterocycles. The Balaban J connectivity index is 1.85. The average Bonchev–Trinajstić information content (AvgIpc) is 2.69. The van der Waals surface area contributed by atoms with Crippen molar-refractivity contribution >= 4 is 30.6 Å². The summed E-state index contributed by atoms with van der Waals surface area (Å²) in [5.74, 6) is -0.916. The van der Waals surface area contributed by atoms with E-state index in [1.807, 2.05) is 24.3 Å². The summed E-state index contributed by atoms with van der Waals surface area (Å²) < 4.78 is 5.25. The molecule has 1 fully saturated rings. The molecule has 1 aliphatic rings. The van der Waals surface area contributed by atoms with Gasteiger partial charge in [-0.3, -0.25) is 14.8 Å². The lowest BCUT2D eigenvalue weighted by Gasteiger charge is -2.29. The lowest BCUT2D eigenvalue weighted by molar-refractivity contribution is -0.144. The zero-order valence-corrected chi connectivity index (χ0v) is 18.7. The molecule has 1 aromatic carbocycles. The van der Waals surface area contributed by atoms with Crippen molar-refractivity contribution in [3.05, 3.63) is 64.7 Å². The Kier molecular flexibility index (Phi) is 8.96. The normalized spacial score (nSPS) is 15.7. The van der Waals surface area contributed by atoms with Gasteiger partial charge in [0.2, 0.25) is 0 Å². The average molecular weight is 429 g/mol. The molecule has 0 spiro atoms. The first kappa shape index (κ1) is 24.0. The molecule has 8 heteroatoms. The molecule has 1 saturated heterocycles. The maximum absolute atomic E-state index is 12.5. The maximum Gasteiger partial charge on any atom is 0.377 e. The summed E-state index contributed by atoms with van der Waals surface area (Å²) in [5, 5.41) is 12.0. The van der Waals surface area contributed by atoms with E-state index in [4.69, 9.17) is 9.99 Å². The predicted octanol–water partition coefficient (Wildman–Crippen LogP) is 4.20. The van der Waals surface area contributed by atoms with E-state index in [1.165, 1.54) is 4.90 Å². The van der Waals surface area contributed by atoms with Gasteiger partial charge in [0.15, 0.2) is 0 Å². The molecule has 0 unspecified atom stereocenters. The molecule has 2 N–H and O–H groups in total. The first-order chi connectivity index (χ1) is 14.3. The zero-order chi connectivity index (χ0) is 22.3. The number of hydrogen-bond acceptors (Lipinski definition) is 6. The lowest BCUT2D eigenvalue weighted by Crippen LogP contribution is -2.35. The minimum atomic E-state index is -0.519. The molecule has 1 aliphatic heterocycles. The number of hydrogen-bond donors (Lipinski definition) is 2. The first-order valence-corrected chi connectivity index (χ1v) is 10.7. The summed E-state index contributed by atoms with van der Waals surface area (Å²) in [4.78, 5) is 30.1. The predicted molar refractivity (Wildman–Crippen MR) is 120 cm³/mol. The quantitative estimate of drug-likeness (QED) is 0.153. The molecule has 0 atom stereocenters. The van der Waals surface area contributed by atoms with Crippen molar-refractivity contribution in [3.63, 3.8) is 0 Å². The van der Waals surface area contributed by atoms with Crippen LogP contribution in [0.15, 0.2) is 64.0 Å². The van der Waals surface area contributed by atoms with Gasteiger partial charge in [0, 0.05) is 15.7 Å². The summed E-state index contributed by atoms with van der Waals surface area (Å²) in [7, 11) is 0. The number of ether oxygens (including phenoxy) is 1. The summed E-state index contributed by atoms with van der Waals surface area (Å²) in [6.07, 6.45) is 2.17. The summed E-state index contributed by atoms with van der Waals surface area (Å²) in [6.45, 7) is 11.1. The highest BCUT2D eigenvalue weighted by molar-refractivity contribution is 7.99. The maximum atomic E-state index is 12.5. The van der Waals surface area contributed by atoms with Crippen molar-refractivity contribution in [3.8, 4) is 0 Å². The van der Waals surface area contributed by atoms with E-state index in [0.717, 1.165) is 11.1 Å². The van der Waals surface area contributed by atoms with Gasteiger partial charge in [0.05, 0.1) is 0 Å². The molecule has 1 aromatic rings. The monoisotopic (exact) mass is 429 g/mol. The van der Waals surface area contributed by atoms with E-state index in [0.29, 0.717) is 28.2 Å². The van der Waals surface area contributed by atoms with Crippen LogP contribution in [0.1, 0.15) is 33.3 Å². The smallest absolute Gasteiger partial charge is 0.377 e. The Labute approximate surface area is 182 Å². The van der Waals surface area contributed by atoms with Crippen LogP contribution < -0.4 is 5.32 Å². The zero-order valence-electron chi connectivity index (χ0n) is 17.9. The van der Waals surface area contributed by atoms with Crippen molar-refractivity contribution < 1.29 is 24.4 Å². The van der Waals surface area contributed by atoms with Gasteiger partial charge in [-0.1, -0.05) is 44.2 Å². The number of esters is 1. The second kappa shape index (κ2) is 11.2. The van der Waals surface area contributed by atoms with Gasteiger partial charge in [-0.05, 0) is 48.9 Å². The molecular weight excluding hydrogens is 401 g/mol. The Hall–Kier alpha value is -2.29. The van der Waals surface area contributed by atoms with Crippen LogP contribution in [0, 0.1) is 0 Å². The third kappa shape index (κ3) is 6.36. The number of carbonyl (C=O) groups is 2. The van der Waals surface area contributed by atoms with Crippen LogP contribution in [0.2, 0.25) is 6.32 Å². The molecule has 1 heterocycles. The van der Waals surface area contributed by atoms with Gasteiger partial charge >= 0.3 is 12.9 Å². The van der Waals surface area contributed by atoms with Crippen molar-refractivity contribution in [1.29, 1.82) is 0 Å². The molecule has 6 nitrogen and oxygen atoms in total. The second-order valence-electron chi connectivity index (χ2n) is 7.30. The highest BCUT2D eigenvalue weighted by atomic mass is 32.2. The fourth-order valence-corrected chi connectivity index (χ4v) is 4.03. The minimum Gasteiger partial charge on any atom is -0.460 e. The SMILES string of the molecule is C=C1CB(OO)/C1=C(C)/C(=C\C)C(=O)NCC(=O)OCc1ccc(SC(C)C)cc1. The van der Waals surface area contributed by atoms with Crippen LogP contribution in [0.4, 0.5) is 0 Å². The fourth-order valence-electron chi connectivity index (χ4n) is 3.19. The van der Waals surface area contributed by atoms with Gasteiger partial charge in [-0.2, -0.15) is 0 Å². The van der Waals surface area contributed by atoms with Gasteiger partial charge in [0.25, 0.3) is 5.91 Å². The van der Waals surface area contributed by atoms with Crippen LogP contribution in [0.25, 0.3) is 0 Å². The van der Waals surface area contributed by atoms with E-state index in [9.17, 15) is 9.59 Å². The highest BCUT2D eigenvalue weighted by Gasteiger charge is 2.38. The van der Waals surface area contributed by atoms with Gasteiger partial charge in [0.1, 0.15) is 13.2 Å². The Morgan fingerprint density at radius 2 is 2.00 bits per heavy atom. The van der Waals surface area contributed by atoms with Gasteiger partial charge < -0.3 is 14.9 Å². The van der Waals surface area contributed by atoms with Crippen LogP contribution in [-0.4, -0.2) is 35.8 Å². The highest BCUT2D eigenvalue weighted by Crippen LogP contribution is 2.36. The molecule has 0 saturated carbocycles. The number of amides is 1. The Morgan fingerprint density at radius 1 is 1.33 bits per heavy atom. The molecule has 1 amide bonds. The third-order valence-corrected chi connectivity index (χ3v) is 5.71. The number of thioether (sulfide) groups is 1. The topological polar surface area (TPSA) is 84.9 Å². The van der Waals surface area contributed by atoms with E-state index in [2.05, 4.69) is 30.5 Å².